The molecule has 1 rings (SSSR count). The second kappa shape index (κ2) is 5.87. The van der Waals surface area contributed by atoms with E-state index in [0.717, 1.165) is 13.2 Å². The maximum atomic E-state index is 11.6. The molecule has 0 spiro atoms. The lowest BCUT2D eigenvalue weighted by molar-refractivity contribution is -0.385. The normalized spacial score (nSPS) is 9.89. The van der Waals surface area contributed by atoms with Crippen molar-refractivity contribution in [3.8, 4) is 0 Å². The molecule has 0 N–H and O–H groups in total. The smallest absolute Gasteiger partial charge is 0.338 e. The van der Waals surface area contributed by atoms with E-state index >= 15 is 0 Å². The number of esters is 1. The minimum Gasteiger partial charge on any atom is -0.465 e. The molecule has 96 valence electrons. The zero-order valence-electron chi connectivity index (χ0n) is 9.84. The number of benzene rings is 1. The van der Waals surface area contributed by atoms with Crippen molar-refractivity contribution < 1.29 is 24.0 Å². The summed E-state index contributed by atoms with van der Waals surface area (Å²) < 4.78 is 9.08. The summed E-state index contributed by atoms with van der Waals surface area (Å²) in [4.78, 5) is 32.9. The molecule has 0 amide bonds. The Morgan fingerprint density at radius 3 is 2.50 bits per heavy atom. The van der Waals surface area contributed by atoms with Crippen molar-refractivity contribution in [2.75, 3.05) is 20.8 Å². The van der Waals surface area contributed by atoms with Gasteiger partial charge in [-0.15, -0.1) is 0 Å². The average Bonchev–Trinajstić information content (AvgIpc) is 2.37. The van der Waals surface area contributed by atoms with Crippen LogP contribution in [-0.4, -0.2) is 37.5 Å². The molecule has 0 atom stereocenters. The van der Waals surface area contributed by atoms with Gasteiger partial charge in [0.25, 0.3) is 5.69 Å². The molecule has 0 bridgehead atoms. The first-order chi connectivity index (χ1) is 8.51. The number of methoxy groups -OCH3 is 2. The van der Waals surface area contributed by atoms with Gasteiger partial charge in [0, 0.05) is 13.2 Å². The van der Waals surface area contributed by atoms with Crippen molar-refractivity contribution in [3.63, 3.8) is 0 Å². The number of Topliss-reactive ketones (excluding diaryl/α,β-unsaturated/α-hetero) is 1. The summed E-state index contributed by atoms with van der Waals surface area (Å²) in [5.41, 5.74) is -0.535. The van der Waals surface area contributed by atoms with E-state index in [4.69, 9.17) is 0 Å². The first kappa shape index (κ1) is 13.8. The number of rotatable bonds is 5. The number of carbonyl (C=O) groups excluding carboxylic acids is 2. The lowest BCUT2D eigenvalue weighted by Gasteiger charge is -2.04. The molecule has 0 aliphatic carbocycles. The molecule has 0 aliphatic rings. The lowest BCUT2D eigenvalue weighted by atomic mass is 10.1. The van der Waals surface area contributed by atoms with Crippen LogP contribution < -0.4 is 0 Å². The summed E-state index contributed by atoms with van der Waals surface area (Å²) in [7, 11) is 2.48. The van der Waals surface area contributed by atoms with Crippen LogP contribution in [-0.2, 0) is 9.47 Å². The highest BCUT2D eigenvalue weighted by atomic mass is 16.6. The number of hydrogen-bond acceptors (Lipinski definition) is 6. The SMILES string of the molecule is COCC(=O)c1ccc(C(=O)OC)cc1[N+](=O)[O-]. The largest absolute Gasteiger partial charge is 0.465 e. The summed E-state index contributed by atoms with van der Waals surface area (Å²) in [5.74, 6) is -1.23. The Balaban J connectivity index is 3.25. The van der Waals surface area contributed by atoms with Crippen LogP contribution in [0.3, 0.4) is 0 Å². The topological polar surface area (TPSA) is 95.7 Å². The third-order valence-corrected chi connectivity index (χ3v) is 2.19. The maximum absolute atomic E-state index is 11.6. The molecule has 0 unspecified atom stereocenters. The number of ketones is 1. The summed E-state index contributed by atoms with van der Waals surface area (Å²) in [6, 6.07) is 3.52. The number of ether oxygens (including phenoxy) is 2. The average molecular weight is 253 g/mol. The zero-order valence-corrected chi connectivity index (χ0v) is 9.84. The molecule has 1 aromatic carbocycles. The van der Waals surface area contributed by atoms with E-state index in [1.54, 1.807) is 0 Å². The van der Waals surface area contributed by atoms with Gasteiger partial charge in [-0.25, -0.2) is 4.79 Å². The Bertz CT molecular complexity index is 496. The third-order valence-electron chi connectivity index (χ3n) is 2.19. The van der Waals surface area contributed by atoms with Crippen LogP contribution in [0.15, 0.2) is 18.2 Å². The summed E-state index contributed by atoms with van der Waals surface area (Å²) in [6.07, 6.45) is 0. The Kier molecular flexibility index (Phi) is 4.50. The minimum atomic E-state index is -0.727. The molecule has 7 heteroatoms. The second-order valence-electron chi connectivity index (χ2n) is 3.34. The summed E-state index contributed by atoms with van der Waals surface area (Å²) in [5, 5.41) is 10.9. The van der Waals surface area contributed by atoms with Crippen molar-refractivity contribution in [2.24, 2.45) is 0 Å². The van der Waals surface area contributed by atoms with E-state index in [-0.39, 0.29) is 17.7 Å². The highest BCUT2D eigenvalue weighted by molar-refractivity contribution is 6.02. The van der Waals surface area contributed by atoms with Gasteiger partial charge >= 0.3 is 5.97 Å². The molecule has 0 saturated heterocycles. The molecule has 0 heterocycles. The van der Waals surface area contributed by atoms with E-state index < -0.39 is 22.4 Å². The van der Waals surface area contributed by atoms with Gasteiger partial charge in [-0.05, 0) is 12.1 Å². The Morgan fingerprint density at radius 2 is 2.00 bits per heavy atom. The van der Waals surface area contributed by atoms with Gasteiger partial charge in [0.05, 0.1) is 23.2 Å². The highest BCUT2D eigenvalue weighted by Crippen LogP contribution is 2.21. The summed E-state index contributed by atoms with van der Waals surface area (Å²) in [6.45, 7) is -0.265. The van der Waals surface area contributed by atoms with Crippen LogP contribution in [0.2, 0.25) is 0 Å². The predicted molar refractivity (Wildman–Crippen MR) is 60.6 cm³/mol. The van der Waals surface area contributed by atoms with Crippen LogP contribution in [0.4, 0.5) is 5.69 Å². The van der Waals surface area contributed by atoms with Crippen LogP contribution >= 0.6 is 0 Å². The molecular weight excluding hydrogens is 242 g/mol. The number of nitro groups is 1. The van der Waals surface area contributed by atoms with Crippen molar-refractivity contribution >= 4 is 17.4 Å². The monoisotopic (exact) mass is 253 g/mol. The van der Waals surface area contributed by atoms with E-state index in [1.807, 2.05) is 0 Å². The fraction of sp³-hybridized carbons (Fsp3) is 0.273. The van der Waals surface area contributed by atoms with E-state index in [2.05, 4.69) is 9.47 Å². The van der Waals surface area contributed by atoms with Gasteiger partial charge in [0.1, 0.15) is 6.61 Å². The fourth-order valence-electron chi connectivity index (χ4n) is 1.37. The first-order valence-corrected chi connectivity index (χ1v) is 4.90. The fourth-order valence-corrected chi connectivity index (χ4v) is 1.37. The van der Waals surface area contributed by atoms with E-state index in [1.165, 1.54) is 19.2 Å². The van der Waals surface area contributed by atoms with Crippen LogP contribution in [0, 0.1) is 10.1 Å². The zero-order chi connectivity index (χ0) is 13.7. The van der Waals surface area contributed by atoms with Crippen molar-refractivity contribution in [1.29, 1.82) is 0 Å². The van der Waals surface area contributed by atoms with Crippen LogP contribution in [0.25, 0.3) is 0 Å². The standard InChI is InChI=1S/C11H11NO6/c1-17-6-10(13)8-4-3-7(11(14)18-2)5-9(8)12(15)16/h3-5H,6H2,1-2H3. The number of carbonyl (C=O) groups is 2. The Morgan fingerprint density at radius 1 is 1.33 bits per heavy atom. The molecule has 0 aromatic heterocycles. The van der Waals surface area contributed by atoms with Gasteiger partial charge in [-0.1, -0.05) is 0 Å². The van der Waals surface area contributed by atoms with E-state index in [0.29, 0.717) is 0 Å². The van der Waals surface area contributed by atoms with Crippen LogP contribution in [0.1, 0.15) is 20.7 Å². The number of hydrogen-bond donors (Lipinski definition) is 0. The molecule has 7 nitrogen and oxygen atoms in total. The van der Waals surface area contributed by atoms with Crippen molar-refractivity contribution in [1.82, 2.24) is 0 Å². The van der Waals surface area contributed by atoms with Gasteiger partial charge in [0.2, 0.25) is 0 Å². The van der Waals surface area contributed by atoms with Crippen molar-refractivity contribution in [3.05, 3.63) is 39.4 Å². The Hall–Kier alpha value is -2.28. The lowest BCUT2D eigenvalue weighted by Crippen LogP contribution is -2.11. The quantitative estimate of drug-likeness (QED) is 0.338. The third kappa shape index (κ3) is 2.89. The molecule has 1 aromatic rings. The molecule has 0 radical (unpaired) electrons. The van der Waals surface area contributed by atoms with Gasteiger partial charge in [-0.3, -0.25) is 14.9 Å². The number of nitro benzene ring substituents is 1. The van der Waals surface area contributed by atoms with Crippen molar-refractivity contribution in [2.45, 2.75) is 0 Å². The maximum Gasteiger partial charge on any atom is 0.338 e. The predicted octanol–water partition coefficient (Wildman–Crippen LogP) is 1.21. The minimum absolute atomic E-state index is 0.0122. The highest BCUT2D eigenvalue weighted by Gasteiger charge is 2.22. The number of nitrogens with zero attached hydrogens (tertiary/aromatic N) is 1. The Labute approximate surface area is 102 Å². The molecule has 0 aliphatic heterocycles. The molecule has 18 heavy (non-hydrogen) atoms. The van der Waals surface area contributed by atoms with Gasteiger partial charge in [-0.2, -0.15) is 0 Å². The molecular formula is C11H11NO6. The van der Waals surface area contributed by atoms with Crippen LogP contribution in [0.5, 0.6) is 0 Å². The summed E-state index contributed by atoms with van der Waals surface area (Å²) >= 11 is 0. The van der Waals surface area contributed by atoms with Gasteiger partial charge < -0.3 is 9.47 Å². The molecule has 0 saturated carbocycles. The first-order valence-electron chi connectivity index (χ1n) is 4.90. The molecule has 0 fully saturated rings. The second-order valence-corrected chi connectivity index (χ2v) is 3.34. The van der Waals surface area contributed by atoms with Gasteiger partial charge in [0.15, 0.2) is 5.78 Å². The van der Waals surface area contributed by atoms with E-state index in [9.17, 15) is 19.7 Å².